The Morgan fingerprint density at radius 1 is 1.53 bits per heavy atom. The monoisotopic (exact) mass is 208 g/mol. The predicted octanol–water partition coefficient (Wildman–Crippen LogP) is 2.08. The minimum absolute atomic E-state index is 0.0163. The molecule has 0 saturated heterocycles. The van der Waals surface area contributed by atoms with Gasteiger partial charge < -0.3 is 9.84 Å². The standard InChI is InChI=1S/C11H9FO3/c1-6-7(11(13)14)5-15-9-4-2-3-8(12)10(6)9/h2-4H,5H2,1H3,(H,13,14). The van der Waals surface area contributed by atoms with Crippen molar-refractivity contribution in [3.05, 3.63) is 35.2 Å². The Hall–Kier alpha value is -1.84. The van der Waals surface area contributed by atoms with Crippen molar-refractivity contribution in [1.29, 1.82) is 0 Å². The van der Waals surface area contributed by atoms with E-state index < -0.39 is 11.8 Å². The number of rotatable bonds is 1. The molecule has 0 aromatic heterocycles. The smallest absolute Gasteiger partial charge is 0.335 e. The fraction of sp³-hybridized carbons (Fsp3) is 0.182. The number of carboxylic acids is 1. The van der Waals surface area contributed by atoms with Gasteiger partial charge in [-0.2, -0.15) is 0 Å². The van der Waals surface area contributed by atoms with E-state index in [4.69, 9.17) is 9.84 Å². The molecule has 0 unspecified atom stereocenters. The van der Waals surface area contributed by atoms with Crippen molar-refractivity contribution in [2.24, 2.45) is 0 Å². The third-order valence-corrected chi connectivity index (χ3v) is 2.43. The number of hydrogen-bond donors (Lipinski definition) is 1. The number of allylic oxidation sites excluding steroid dienone is 1. The molecule has 1 N–H and O–H groups in total. The van der Waals surface area contributed by atoms with Crippen LogP contribution in [0.2, 0.25) is 0 Å². The van der Waals surface area contributed by atoms with Gasteiger partial charge in [-0.3, -0.25) is 0 Å². The summed E-state index contributed by atoms with van der Waals surface area (Å²) in [6.07, 6.45) is 0. The zero-order chi connectivity index (χ0) is 11.0. The maximum atomic E-state index is 13.5. The maximum absolute atomic E-state index is 13.5. The van der Waals surface area contributed by atoms with Crippen molar-refractivity contribution in [2.75, 3.05) is 6.61 Å². The van der Waals surface area contributed by atoms with Crippen LogP contribution in [0.15, 0.2) is 23.8 Å². The molecule has 1 aromatic rings. The first kappa shape index (κ1) is 9.71. The molecule has 1 aliphatic heterocycles. The van der Waals surface area contributed by atoms with Crippen LogP contribution >= 0.6 is 0 Å². The molecule has 0 saturated carbocycles. The number of benzene rings is 1. The Bertz CT molecular complexity index is 463. The van der Waals surface area contributed by atoms with Crippen molar-refractivity contribution in [2.45, 2.75) is 6.92 Å². The predicted molar refractivity (Wildman–Crippen MR) is 52.1 cm³/mol. The molecule has 15 heavy (non-hydrogen) atoms. The van der Waals surface area contributed by atoms with E-state index in [9.17, 15) is 9.18 Å². The van der Waals surface area contributed by atoms with E-state index in [1.807, 2.05) is 0 Å². The SMILES string of the molecule is CC1=C(C(=O)O)COc2cccc(F)c21. The van der Waals surface area contributed by atoms with Crippen LogP contribution in [-0.4, -0.2) is 17.7 Å². The lowest BCUT2D eigenvalue weighted by atomic mass is 9.98. The average molecular weight is 208 g/mol. The lowest BCUT2D eigenvalue weighted by Gasteiger charge is -2.20. The molecular formula is C11H9FO3. The second kappa shape index (κ2) is 3.38. The molecule has 3 nitrogen and oxygen atoms in total. The van der Waals surface area contributed by atoms with Crippen LogP contribution in [0.25, 0.3) is 5.57 Å². The molecule has 0 radical (unpaired) electrons. The second-order valence-corrected chi connectivity index (χ2v) is 3.31. The third-order valence-electron chi connectivity index (χ3n) is 2.43. The normalized spacial score (nSPS) is 14.5. The molecule has 1 heterocycles. The Balaban J connectivity index is 2.65. The molecule has 78 valence electrons. The van der Waals surface area contributed by atoms with Crippen LogP contribution in [0.3, 0.4) is 0 Å². The van der Waals surface area contributed by atoms with Crippen molar-refractivity contribution in [3.63, 3.8) is 0 Å². The van der Waals surface area contributed by atoms with Gasteiger partial charge >= 0.3 is 5.97 Å². The molecule has 0 aliphatic carbocycles. The average Bonchev–Trinajstić information content (AvgIpc) is 2.17. The Morgan fingerprint density at radius 3 is 2.93 bits per heavy atom. The van der Waals surface area contributed by atoms with Crippen molar-refractivity contribution >= 4 is 11.5 Å². The van der Waals surface area contributed by atoms with Gasteiger partial charge in [0.15, 0.2) is 0 Å². The number of fused-ring (bicyclic) bond motifs is 1. The van der Waals surface area contributed by atoms with E-state index >= 15 is 0 Å². The molecule has 0 spiro atoms. The van der Waals surface area contributed by atoms with E-state index in [1.54, 1.807) is 13.0 Å². The maximum Gasteiger partial charge on any atom is 0.335 e. The first-order chi connectivity index (χ1) is 7.11. The highest BCUT2D eigenvalue weighted by atomic mass is 19.1. The van der Waals surface area contributed by atoms with Gasteiger partial charge in [-0.05, 0) is 24.6 Å². The molecule has 0 amide bonds. The summed E-state index contributed by atoms with van der Waals surface area (Å²) < 4.78 is 18.6. The molecule has 0 fully saturated rings. The van der Waals surface area contributed by atoms with E-state index in [2.05, 4.69) is 0 Å². The summed E-state index contributed by atoms with van der Waals surface area (Å²) in [5, 5.41) is 8.86. The van der Waals surface area contributed by atoms with Crippen LogP contribution in [0.1, 0.15) is 12.5 Å². The Morgan fingerprint density at radius 2 is 2.27 bits per heavy atom. The number of aliphatic carboxylic acids is 1. The molecule has 1 aliphatic rings. The van der Waals surface area contributed by atoms with Gasteiger partial charge in [0.1, 0.15) is 18.2 Å². The lowest BCUT2D eigenvalue weighted by molar-refractivity contribution is -0.133. The summed E-state index contributed by atoms with van der Waals surface area (Å²) in [7, 11) is 0. The first-order valence-electron chi connectivity index (χ1n) is 4.46. The van der Waals surface area contributed by atoms with Crippen LogP contribution < -0.4 is 4.74 Å². The summed E-state index contributed by atoms with van der Waals surface area (Å²) in [5.74, 6) is -1.12. The van der Waals surface area contributed by atoms with Crippen LogP contribution in [0.5, 0.6) is 5.75 Å². The Labute approximate surface area is 85.8 Å². The summed E-state index contributed by atoms with van der Waals surface area (Å²) in [4.78, 5) is 10.8. The fourth-order valence-corrected chi connectivity index (χ4v) is 1.62. The second-order valence-electron chi connectivity index (χ2n) is 3.31. The molecule has 4 heteroatoms. The highest BCUT2D eigenvalue weighted by Crippen LogP contribution is 2.34. The summed E-state index contributed by atoms with van der Waals surface area (Å²) in [6, 6.07) is 4.45. The van der Waals surface area contributed by atoms with Crippen LogP contribution in [0.4, 0.5) is 4.39 Å². The number of hydrogen-bond acceptors (Lipinski definition) is 2. The van der Waals surface area contributed by atoms with Crippen molar-refractivity contribution < 1.29 is 19.0 Å². The highest BCUT2D eigenvalue weighted by molar-refractivity contribution is 5.97. The van der Waals surface area contributed by atoms with Crippen LogP contribution in [0, 0.1) is 5.82 Å². The minimum Gasteiger partial charge on any atom is -0.488 e. The summed E-state index contributed by atoms with van der Waals surface area (Å²) in [5.41, 5.74) is 0.788. The van der Waals surface area contributed by atoms with Gasteiger partial charge in [-0.15, -0.1) is 0 Å². The zero-order valence-electron chi connectivity index (χ0n) is 8.08. The third kappa shape index (κ3) is 1.48. The number of halogens is 1. The number of carboxylic acid groups (broad SMARTS) is 1. The lowest BCUT2D eigenvalue weighted by Crippen LogP contribution is -2.17. The topological polar surface area (TPSA) is 46.5 Å². The molecule has 0 atom stereocenters. The van der Waals surface area contributed by atoms with Gasteiger partial charge in [-0.25, -0.2) is 9.18 Å². The molecular weight excluding hydrogens is 199 g/mol. The van der Waals surface area contributed by atoms with Gasteiger partial charge in [0.05, 0.1) is 11.1 Å². The highest BCUT2D eigenvalue weighted by Gasteiger charge is 2.23. The van der Waals surface area contributed by atoms with Gasteiger partial charge in [0.2, 0.25) is 0 Å². The van der Waals surface area contributed by atoms with Gasteiger partial charge in [-0.1, -0.05) is 6.07 Å². The van der Waals surface area contributed by atoms with Crippen LogP contribution in [-0.2, 0) is 4.79 Å². The van der Waals surface area contributed by atoms with E-state index in [0.29, 0.717) is 11.3 Å². The zero-order valence-corrected chi connectivity index (χ0v) is 8.08. The van der Waals surface area contributed by atoms with Gasteiger partial charge in [0.25, 0.3) is 0 Å². The fourth-order valence-electron chi connectivity index (χ4n) is 1.62. The molecule has 0 bridgehead atoms. The van der Waals surface area contributed by atoms with Crippen molar-refractivity contribution in [1.82, 2.24) is 0 Å². The minimum atomic E-state index is -1.07. The number of ether oxygens (including phenoxy) is 1. The van der Waals surface area contributed by atoms with E-state index in [1.165, 1.54) is 12.1 Å². The summed E-state index contributed by atoms with van der Waals surface area (Å²) in [6.45, 7) is 1.57. The largest absolute Gasteiger partial charge is 0.488 e. The summed E-state index contributed by atoms with van der Waals surface area (Å²) >= 11 is 0. The Kier molecular flexibility index (Phi) is 2.19. The molecule has 1 aromatic carbocycles. The van der Waals surface area contributed by atoms with E-state index in [0.717, 1.165) is 0 Å². The van der Waals surface area contributed by atoms with E-state index in [-0.39, 0.29) is 17.7 Å². The molecule has 2 rings (SSSR count). The first-order valence-corrected chi connectivity index (χ1v) is 4.46. The van der Waals surface area contributed by atoms with Gasteiger partial charge in [0, 0.05) is 0 Å². The quantitative estimate of drug-likeness (QED) is 0.768. The van der Waals surface area contributed by atoms with Crippen molar-refractivity contribution in [3.8, 4) is 5.75 Å². The number of carbonyl (C=O) groups is 1.